The summed E-state index contributed by atoms with van der Waals surface area (Å²) in [5.41, 5.74) is -0.973. The second-order valence-electron chi connectivity index (χ2n) is 3.28. The van der Waals surface area contributed by atoms with E-state index in [9.17, 15) is 18.9 Å². The van der Waals surface area contributed by atoms with E-state index in [1.54, 1.807) is 0 Å². The summed E-state index contributed by atoms with van der Waals surface area (Å²) in [5.74, 6) is -1.87. The summed E-state index contributed by atoms with van der Waals surface area (Å²) in [4.78, 5) is 9.53. The largest absolute Gasteiger partial charge is 0.373 e. The lowest BCUT2D eigenvalue weighted by atomic mass is 10.1. The minimum Gasteiger partial charge on any atom is -0.373 e. The van der Waals surface area contributed by atoms with Crippen LogP contribution in [0.5, 0.6) is 0 Å². The Morgan fingerprint density at radius 3 is 2.73 bits per heavy atom. The first-order valence-electron chi connectivity index (χ1n) is 4.32. The number of nitro benzene ring substituents is 1. The molecule has 80 valence electrons. The summed E-state index contributed by atoms with van der Waals surface area (Å²) >= 11 is 0. The van der Waals surface area contributed by atoms with Crippen LogP contribution in [0.4, 0.5) is 14.5 Å². The van der Waals surface area contributed by atoms with Crippen molar-refractivity contribution >= 4 is 5.69 Å². The molecule has 1 aliphatic rings. The van der Waals surface area contributed by atoms with Gasteiger partial charge in [0.15, 0.2) is 0 Å². The molecule has 0 spiro atoms. The van der Waals surface area contributed by atoms with Crippen molar-refractivity contribution in [3.63, 3.8) is 0 Å². The summed E-state index contributed by atoms with van der Waals surface area (Å²) in [5, 5.41) is 10.4. The molecule has 1 heterocycles. The number of rotatable bonds is 3. The molecule has 1 aromatic rings. The zero-order valence-corrected chi connectivity index (χ0v) is 7.57. The van der Waals surface area contributed by atoms with Crippen LogP contribution in [0.1, 0.15) is 5.56 Å². The molecule has 0 amide bonds. The fourth-order valence-corrected chi connectivity index (χ4v) is 1.33. The summed E-state index contributed by atoms with van der Waals surface area (Å²) < 4.78 is 31.4. The number of nitrogens with zero attached hydrogens (tertiary/aromatic N) is 1. The lowest BCUT2D eigenvalue weighted by Gasteiger charge is -2.02. The van der Waals surface area contributed by atoms with E-state index in [0.29, 0.717) is 6.61 Å². The fraction of sp³-hybridized carbons (Fsp3) is 0.333. The molecule has 1 unspecified atom stereocenters. The van der Waals surface area contributed by atoms with Crippen LogP contribution in [-0.4, -0.2) is 17.6 Å². The smallest absolute Gasteiger partial charge is 0.305 e. The lowest BCUT2D eigenvalue weighted by Crippen LogP contribution is -2.04. The summed E-state index contributed by atoms with van der Waals surface area (Å²) in [6.07, 6.45) is -0.171. The van der Waals surface area contributed by atoms with Crippen molar-refractivity contribution in [1.82, 2.24) is 0 Å². The minimum absolute atomic E-state index is 0.0410. The SMILES string of the molecule is O=[N+]([O-])c1ccc(F)c(CC2CO2)c1F. The van der Waals surface area contributed by atoms with E-state index in [1.807, 2.05) is 0 Å². The Kier molecular flexibility index (Phi) is 2.36. The molecular formula is C9H7F2NO3. The van der Waals surface area contributed by atoms with E-state index < -0.39 is 22.2 Å². The van der Waals surface area contributed by atoms with Crippen LogP contribution in [0, 0.1) is 21.7 Å². The minimum atomic E-state index is -1.10. The van der Waals surface area contributed by atoms with Crippen molar-refractivity contribution in [2.24, 2.45) is 0 Å². The molecule has 6 heteroatoms. The van der Waals surface area contributed by atoms with Crippen LogP contribution in [-0.2, 0) is 11.2 Å². The van der Waals surface area contributed by atoms with E-state index in [1.165, 1.54) is 0 Å². The molecule has 1 fully saturated rings. The van der Waals surface area contributed by atoms with E-state index >= 15 is 0 Å². The highest BCUT2D eigenvalue weighted by Gasteiger charge is 2.29. The van der Waals surface area contributed by atoms with E-state index in [2.05, 4.69) is 0 Å². The molecule has 0 N–H and O–H groups in total. The van der Waals surface area contributed by atoms with Crippen molar-refractivity contribution < 1.29 is 18.4 Å². The predicted octanol–water partition coefficient (Wildman–Crippen LogP) is 1.81. The van der Waals surface area contributed by atoms with Gasteiger partial charge < -0.3 is 4.74 Å². The first-order chi connectivity index (χ1) is 7.09. The summed E-state index contributed by atoms with van der Waals surface area (Å²) in [6.45, 7) is 0.446. The number of hydrogen-bond acceptors (Lipinski definition) is 3. The molecular weight excluding hydrogens is 208 g/mol. The van der Waals surface area contributed by atoms with Crippen molar-refractivity contribution in [2.75, 3.05) is 6.61 Å². The molecule has 0 aliphatic carbocycles. The zero-order valence-electron chi connectivity index (χ0n) is 7.57. The van der Waals surface area contributed by atoms with Crippen molar-refractivity contribution in [1.29, 1.82) is 0 Å². The van der Waals surface area contributed by atoms with Crippen molar-refractivity contribution in [3.05, 3.63) is 39.4 Å². The number of epoxide rings is 1. The molecule has 1 saturated heterocycles. The second kappa shape index (κ2) is 3.54. The van der Waals surface area contributed by atoms with Gasteiger partial charge in [-0.05, 0) is 6.07 Å². The predicted molar refractivity (Wildman–Crippen MR) is 46.5 cm³/mol. The maximum atomic E-state index is 13.4. The molecule has 2 rings (SSSR count). The third-order valence-corrected chi connectivity index (χ3v) is 2.20. The highest BCUT2D eigenvalue weighted by Crippen LogP contribution is 2.26. The molecule has 0 aromatic heterocycles. The van der Waals surface area contributed by atoms with Gasteiger partial charge in [-0.3, -0.25) is 10.1 Å². The Morgan fingerprint density at radius 2 is 2.20 bits per heavy atom. The number of ether oxygens (including phenoxy) is 1. The van der Waals surface area contributed by atoms with Gasteiger partial charge in [-0.1, -0.05) is 0 Å². The molecule has 1 aromatic carbocycles. The van der Waals surface area contributed by atoms with Crippen LogP contribution in [0.3, 0.4) is 0 Å². The first kappa shape index (κ1) is 9.97. The van der Waals surface area contributed by atoms with Crippen LogP contribution in [0.15, 0.2) is 12.1 Å². The number of hydrogen-bond donors (Lipinski definition) is 0. The molecule has 0 saturated carbocycles. The third-order valence-electron chi connectivity index (χ3n) is 2.20. The normalized spacial score (nSPS) is 18.9. The molecule has 1 aliphatic heterocycles. The van der Waals surface area contributed by atoms with Gasteiger partial charge in [-0.25, -0.2) is 4.39 Å². The maximum Gasteiger partial charge on any atom is 0.305 e. The van der Waals surface area contributed by atoms with E-state index in [4.69, 9.17) is 4.74 Å². The maximum absolute atomic E-state index is 13.4. The summed E-state index contributed by atoms with van der Waals surface area (Å²) in [7, 11) is 0. The Hall–Kier alpha value is -1.56. The van der Waals surface area contributed by atoms with Crippen LogP contribution >= 0.6 is 0 Å². The highest BCUT2D eigenvalue weighted by molar-refractivity contribution is 5.38. The van der Waals surface area contributed by atoms with Gasteiger partial charge in [0.05, 0.1) is 17.6 Å². The van der Waals surface area contributed by atoms with Gasteiger partial charge in [0.2, 0.25) is 5.82 Å². The second-order valence-corrected chi connectivity index (χ2v) is 3.28. The van der Waals surface area contributed by atoms with Crippen molar-refractivity contribution in [3.8, 4) is 0 Å². The number of nitro groups is 1. The van der Waals surface area contributed by atoms with Gasteiger partial charge >= 0.3 is 5.69 Å². The zero-order chi connectivity index (χ0) is 11.0. The van der Waals surface area contributed by atoms with E-state index in [0.717, 1.165) is 12.1 Å². The average Bonchev–Trinajstić information content (AvgIpc) is 2.95. The molecule has 1 atom stereocenters. The Morgan fingerprint density at radius 1 is 1.53 bits per heavy atom. The van der Waals surface area contributed by atoms with Gasteiger partial charge in [0, 0.05) is 18.1 Å². The average molecular weight is 215 g/mol. The highest BCUT2D eigenvalue weighted by atomic mass is 19.1. The van der Waals surface area contributed by atoms with Gasteiger partial charge in [0.25, 0.3) is 0 Å². The molecule has 0 radical (unpaired) electrons. The topological polar surface area (TPSA) is 55.7 Å². The first-order valence-corrected chi connectivity index (χ1v) is 4.32. The van der Waals surface area contributed by atoms with Crippen LogP contribution in [0.2, 0.25) is 0 Å². The Balaban J connectivity index is 2.40. The van der Waals surface area contributed by atoms with Gasteiger partial charge in [0.1, 0.15) is 5.82 Å². The molecule has 15 heavy (non-hydrogen) atoms. The van der Waals surface area contributed by atoms with Gasteiger partial charge in [-0.15, -0.1) is 0 Å². The standard InChI is InChI=1S/C9H7F2NO3/c10-7-1-2-8(12(13)14)9(11)6(7)3-5-4-15-5/h1-2,5H,3-4H2. The Bertz CT molecular complexity index is 418. The number of benzene rings is 1. The van der Waals surface area contributed by atoms with Gasteiger partial charge in [-0.2, -0.15) is 4.39 Å². The Labute approximate surface area is 83.6 Å². The van der Waals surface area contributed by atoms with Crippen LogP contribution < -0.4 is 0 Å². The molecule has 4 nitrogen and oxygen atoms in total. The quantitative estimate of drug-likeness (QED) is 0.439. The third kappa shape index (κ3) is 1.94. The lowest BCUT2D eigenvalue weighted by molar-refractivity contribution is -0.387. The summed E-state index contributed by atoms with van der Waals surface area (Å²) in [6, 6.07) is 1.72. The fourth-order valence-electron chi connectivity index (χ4n) is 1.33. The van der Waals surface area contributed by atoms with Crippen molar-refractivity contribution in [2.45, 2.75) is 12.5 Å². The monoisotopic (exact) mass is 215 g/mol. The van der Waals surface area contributed by atoms with E-state index in [-0.39, 0.29) is 18.1 Å². The molecule has 0 bridgehead atoms. The number of halogens is 2. The van der Waals surface area contributed by atoms with Crippen LogP contribution in [0.25, 0.3) is 0 Å².